The summed E-state index contributed by atoms with van der Waals surface area (Å²) >= 11 is 0. The first-order valence-corrected chi connectivity index (χ1v) is 2.43. The minimum atomic E-state index is -2.49. The summed E-state index contributed by atoms with van der Waals surface area (Å²) in [5, 5.41) is 0. The van der Waals surface area contributed by atoms with Gasteiger partial charge < -0.3 is 0 Å². The number of carbonyl (C=O) groups is 2. The minimum absolute atomic E-state index is 0.0579. The van der Waals surface area contributed by atoms with Gasteiger partial charge in [-0.05, 0) is 0 Å². The summed E-state index contributed by atoms with van der Waals surface area (Å²) in [7, 11) is 0. The summed E-state index contributed by atoms with van der Waals surface area (Å²) in [5.41, 5.74) is 0. The summed E-state index contributed by atoms with van der Waals surface area (Å²) in [6.45, 7) is 0. The fourth-order valence-corrected chi connectivity index (χ4v) is 0.310. The maximum atomic E-state index is 11.3. The van der Waals surface area contributed by atoms with Gasteiger partial charge in [-0.25, -0.2) is 8.78 Å². The molecule has 0 aliphatic heterocycles. The molecule has 0 heterocycles. The molecule has 0 unspecified atom stereocenters. The summed E-state index contributed by atoms with van der Waals surface area (Å²) in [6, 6.07) is 0. The summed E-state index contributed by atoms with van der Waals surface area (Å²) in [5.74, 6) is -0.768. The van der Waals surface area contributed by atoms with E-state index in [1.165, 1.54) is 0 Å². The molecule has 0 aromatic carbocycles. The van der Waals surface area contributed by atoms with Gasteiger partial charge in [-0.1, -0.05) is 0 Å². The molecule has 0 saturated carbocycles. The van der Waals surface area contributed by atoms with E-state index in [1.54, 1.807) is 0 Å². The molecule has 0 bridgehead atoms. The van der Waals surface area contributed by atoms with E-state index in [0.29, 0.717) is 0 Å². The van der Waals surface area contributed by atoms with Gasteiger partial charge in [0, 0.05) is 12.8 Å². The molecule has 0 aliphatic rings. The number of halogens is 2. The number of hydrogen-bond donors (Lipinski definition) is 0. The van der Waals surface area contributed by atoms with Crippen LogP contribution in [0, 0.1) is 0 Å². The Kier molecular flexibility index (Phi) is 3.75. The molecule has 52 valence electrons. The average Bonchev–Trinajstić information content (AvgIpc) is 1.83. The number of rotatable bonds is 4. The Balaban J connectivity index is 3.27. The normalized spacial score (nSPS) is 9.67. The molecular formula is C5H6F2O2. The topological polar surface area (TPSA) is 34.1 Å². The number of alkyl halides is 2. The van der Waals surface area contributed by atoms with Crippen LogP contribution in [0.2, 0.25) is 0 Å². The summed E-state index contributed by atoms with van der Waals surface area (Å²) in [4.78, 5) is 19.5. The van der Waals surface area contributed by atoms with Crippen LogP contribution in [-0.4, -0.2) is 18.5 Å². The molecule has 0 aromatic rings. The molecule has 0 fully saturated rings. The highest BCUT2D eigenvalue weighted by molar-refractivity contribution is 6.24. The molecule has 4 heteroatoms. The minimum Gasteiger partial charge on any atom is -0.295 e. The number of carbonyl (C=O) groups excluding carboxylic acids is 2. The van der Waals surface area contributed by atoms with Crippen molar-refractivity contribution in [2.45, 2.75) is 19.3 Å². The van der Waals surface area contributed by atoms with E-state index >= 15 is 0 Å². The number of ketones is 1. The second-order valence-corrected chi connectivity index (χ2v) is 1.51. The van der Waals surface area contributed by atoms with Crippen LogP contribution in [0.4, 0.5) is 8.78 Å². The SMILES string of the molecule is O=CC(=O)CCC(F)F. The standard InChI is InChI=1S/C5H6F2O2/c6-5(7)2-1-4(9)3-8/h3,5H,1-2H2. The first kappa shape index (κ1) is 8.20. The predicted octanol–water partition coefficient (Wildman–Crippen LogP) is 0.800. The molecule has 0 spiro atoms. The van der Waals surface area contributed by atoms with Gasteiger partial charge in [0.25, 0.3) is 0 Å². The Bertz CT molecular complexity index is 112. The molecule has 0 atom stereocenters. The van der Waals surface area contributed by atoms with Gasteiger partial charge in [0.1, 0.15) is 0 Å². The maximum absolute atomic E-state index is 11.3. The van der Waals surface area contributed by atoms with Crippen molar-refractivity contribution in [2.75, 3.05) is 0 Å². The zero-order valence-corrected chi connectivity index (χ0v) is 4.64. The lowest BCUT2D eigenvalue weighted by molar-refractivity contribution is -0.130. The Morgan fingerprint density at radius 2 is 2.11 bits per heavy atom. The lowest BCUT2D eigenvalue weighted by atomic mass is 10.2. The van der Waals surface area contributed by atoms with E-state index in [2.05, 4.69) is 0 Å². The van der Waals surface area contributed by atoms with Crippen molar-refractivity contribution >= 4 is 12.1 Å². The third-order valence-electron chi connectivity index (χ3n) is 0.740. The van der Waals surface area contributed by atoms with E-state index in [0.717, 1.165) is 0 Å². The lowest BCUT2D eigenvalue weighted by Crippen LogP contribution is -2.01. The Hall–Kier alpha value is -0.800. The van der Waals surface area contributed by atoms with Crippen molar-refractivity contribution < 1.29 is 18.4 Å². The van der Waals surface area contributed by atoms with E-state index in [4.69, 9.17) is 0 Å². The van der Waals surface area contributed by atoms with Gasteiger partial charge >= 0.3 is 0 Å². The molecule has 0 amide bonds. The molecule has 0 N–H and O–H groups in total. The zero-order chi connectivity index (χ0) is 7.28. The second-order valence-electron chi connectivity index (χ2n) is 1.51. The third-order valence-corrected chi connectivity index (χ3v) is 0.740. The quantitative estimate of drug-likeness (QED) is 0.423. The van der Waals surface area contributed by atoms with E-state index < -0.39 is 18.6 Å². The molecular weight excluding hydrogens is 130 g/mol. The summed E-state index contributed by atoms with van der Waals surface area (Å²) < 4.78 is 22.5. The van der Waals surface area contributed by atoms with Gasteiger partial charge in [0.15, 0.2) is 12.1 Å². The van der Waals surface area contributed by atoms with E-state index in [1.807, 2.05) is 0 Å². The highest BCUT2D eigenvalue weighted by atomic mass is 19.3. The van der Waals surface area contributed by atoms with Crippen LogP contribution in [0.3, 0.4) is 0 Å². The molecule has 0 aromatic heterocycles. The Morgan fingerprint density at radius 3 is 2.44 bits per heavy atom. The predicted molar refractivity (Wildman–Crippen MR) is 26.3 cm³/mol. The molecule has 0 aliphatic carbocycles. The fraction of sp³-hybridized carbons (Fsp3) is 0.600. The van der Waals surface area contributed by atoms with Gasteiger partial charge in [-0.3, -0.25) is 9.59 Å². The van der Waals surface area contributed by atoms with Gasteiger partial charge in [-0.2, -0.15) is 0 Å². The zero-order valence-electron chi connectivity index (χ0n) is 4.64. The van der Waals surface area contributed by atoms with Crippen molar-refractivity contribution in [2.24, 2.45) is 0 Å². The van der Waals surface area contributed by atoms with Crippen LogP contribution >= 0.6 is 0 Å². The van der Waals surface area contributed by atoms with Crippen molar-refractivity contribution in [3.63, 3.8) is 0 Å². The van der Waals surface area contributed by atoms with Crippen LogP contribution in [0.25, 0.3) is 0 Å². The lowest BCUT2D eigenvalue weighted by Gasteiger charge is -1.91. The molecule has 9 heavy (non-hydrogen) atoms. The van der Waals surface area contributed by atoms with E-state index in [9.17, 15) is 18.4 Å². The number of hydrogen-bond acceptors (Lipinski definition) is 2. The van der Waals surface area contributed by atoms with Gasteiger partial charge in [0.05, 0.1) is 0 Å². The second kappa shape index (κ2) is 4.12. The Labute approximate surface area is 50.9 Å². The average molecular weight is 136 g/mol. The maximum Gasteiger partial charge on any atom is 0.239 e. The largest absolute Gasteiger partial charge is 0.295 e. The highest BCUT2D eigenvalue weighted by Gasteiger charge is 2.05. The number of aldehydes is 1. The van der Waals surface area contributed by atoms with Crippen molar-refractivity contribution in [3.8, 4) is 0 Å². The van der Waals surface area contributed by atoms with Crippen LogP contribution < -0.4 is 0 Å². The highest BCUT2D eigenvalue weighted by Crippen LogP contribution is 2.01. The van der Waals surface area contributed by atoms with Crippen molar-refractivity contribution in [1.82, 2.24) is 0 Å². The fourth-order valence-electron chi connectivity index (χ4n) is 0.310. The first-order valence-electron chi connectivity index (χ1n) is 2.43. The molecule has 0 rings (SSSR count). The van der Waals surface area contributed by atoms with Gasteiger partial charge in [0.2, 0.25) is 6.43 Å². The summed E-state index contributed by atoms with van der Waals surface area (Å²) in [6.07, 6.45) is -3.30. The van der Waals surface area contributed by atoms with Crippen molar-refractivity contribution in [1.29, 1.82) is 0 Å². The van der Waals surface area contributed by atoms with Gasteiger partial charge in [-0.15, -0.1) is 0 Å². The monoisotopic (exact) mass is 136 g/mol. The van der Waals surface area contributed by atoms with Crippen LogP contribution in [0.15, 0.2) is 0 Å². The Morgan fingerprint density at radius 1 is 1.56 bits per heavy atom. The van der Waals surface area contributed by atoms with Crippen LogP contribution in [-0.2, 0) is 9.59 Å². The van der Waals surface area contributed by atoms with Crippen LogP contribution in [0.1, 0.15) is 12.8 Å². The molecule has 0 saturated heterocycles. The smallest absolute Gasteiger partial charge is 0.239 e. The van der Waals surface area contributed by atoms with E-state index in [-0.39, 0.29) is 12.7 Å². The van der Waals surface area contributed by atoms with Crippen molar-refractivity contribution in [3.05, 3.63) is 0 Å². The molecule has 0 radical (unpaired) electrons. The molecule has 2 nitrogen and oxygen atoms in total. The first-order chi connectivity index (χ1) is 4.16. The number of Topliss-reactive ketones (excluding diaryl/α,β-unsaturated/α-hetero) is 1. The third kappa shape index (κ3) is 5.06. The van der Waals surface area contributed by atoms with Crippen LogP contribution in [0.5, 0.6) is 0 Å².